The largest absolute Gasteiger partial charge is 0.353 e. The van der Waals surface area contributed by atoms with Gasteiger partial charge in [0.1, 0.15) is 5.65 Å². The summed E-state index contributed by atoms with van der Waals surface area (Å²) in [6, 6.07) is 17.8. The highest BCUT2D eigenvalue weighted by Crippen LogP contribution is 2.24. The zero-order valence-corrected chi connectivity index (χ0v) is 17.9. The number of nitrogens with zero attached hydrogens (tertiary/aromatic N) is 3. The van der Waals surface area contributed by atoms with Crippen molar-refractivity contribution in [1.82, 2.24) is 14.0 Å². The average Bonchev–Trinajstić information content (AvgIpc) is 3.22. The Morgan fingerprint density at radius 2 is 1.61 bits per heavy atom. The van der Waals surface area contributed by atoms with Crippen LogP contribution < -0.4 is 5.56 Å². The molecule has 0 atom stereocenters. The molecule has 0 aliphatic heterocycles. The molecule has 160 valence electrons. The normalized spacial score (nSPS) is 11.5. The van der Waals surface area contributed by atoms with Gasteiger partial charge in [-0.1, -0.05) is 30.3 Å². The molecule has 3 heterocycles. The Bertz CT molecular complexity index is 1190. The zero-order chi connectivity index (χ0) is 21.6. The lowest BCUT2D eigenvalue weighted by atomic mass is 10.1. The van der Waals surface area contributed by atoms with Gasteiger partial charge in [-0.25, -0.2) is 4.98 Å². The van der Waals surface area contributed by atoms with Crippen molar-refractivity contribution in [2.24, 2.45) is 0 Å². The Labute approximate surface area is 181 Å². The number of fused-ring (bicyclic) bond motifs is 1. The summed E-state index contributed by atoms with van der Waals surface area (Å²) in [4.78, 5) is 17.2. The Kier molecular flexibility index (Phi) is 6.60. The molecule has 4 aromatic rings. The molecular weight excluding hydrogens is 390 g/mol. The van der Waals surface area contributed by atoms with Crippen LogP contribution >= 0.6 is 0 Å². The van der Waals surface area contributed by atoms with Gasteiger partial charge in [-0.05, 0) is 43.2 Å². The van der Waals surface area contributed by atoms with Crippen LogP contribution in [0.4, 0.5) is 0 Å². The first-order valence-corrected chi connectivity index (χ1v) is 10.7. The van der Waals surface area contributed by atoms with E-state index in [1.165, 1.54) is 0 Å². The van der Waals surface area contributed by atoms with Crippen LogP contribution in [-0.4, -0.2) is 33.5 Å². The highest BCUT2D eigenvalue weighted by atomic mass is 16.7. The van der Waals surface area contributed by atoms with E-state index in [9.17, 15) is 4.79 Å². The molecule has 0 aliphatic rings. The summed E-state index contributed by atoms with van der Waals surface area (Å²) in [5.41, 5.74) is 4.79. The van der Waals surface area contributed by atoms with E-state index in [0.29, 0.717) is 26.2 Å². The number of rotatable bonds is 9. The van der Waals surface area contributed by atoms with Crippen molar-refractivity contribution in [3.63, 3.8) is 0 Å². The fourth-order valence-electron chi connectivity index (χ4n) is 3.69. The second-order valence-electron chi connectivity index (χ2n) is 7.23. The molecule has 3 aromatic heterocycles. The number of pyridine rings is 2. The van der Waals surface area contributed by atoms with Gasteiger partial charge in [0, 0.05) is 50.2 Å². The van der Waals surface area contributed by atoms with Gasteiger partial charge in [0.15, 0.2) is 6.29 Å². The van der Waals surface area contributed by atoms with Gasteiger partial charge in [0.25, 0.3) is 5.56 Å². The maximum absolute atomic E-state index is 12.7. The predicted octanol–water partition coefficient (Wildman–Crippen LogP) is 4.62. The number of hydrogen-bond acceptors (Lipinski definition) is 4. The molecule has 0 unspecified atom stereocenters. The van der Waals surface area contributed by atoms with Gasteiger partial charge in [0.05, 0.1) is 11.9 Å². The molecule has 0 N–H and O–H groups in total. The topological polar surface area (TPSA) is 57.8 Å². The minimum Gasteiger partial charge on any atom is -0.353 e. The highest BCUT2D eigenvalue weighted by Gasteiger charge is 2.10. The van der Waals surface area contributed by atoms with Gasteiger partial charge in [0.2, 0.25) is 0 Å². The molecule has 0 fully saturated rings. The Morgan fingerprint density at radius 3 is 2.32 bits per heavy atom. The van der Waals surface area contributed by atoms with E-state index in [-0.39, 0.29) is 11.8 Å². The van der Waals surface area contributed by atoms with Crippen LogP contribution in [0.1, 0.15) is 20.3 Å². The van der Waals surface area contributed by atoms with Gasteiger partial charge in [-0.3, -0.25) is 9.20 Å². The van der Waals surface area contributed by atoms with Gasteiger partial charge >= 0.3 is 0 Å². The summed E-state index contributed by atoms with van der Waals surface area (Å²) in [6.45, 7) is 5.59. The molecule has 4 rings (SSSR count). The van der Waals surface area contributed by atoms with Crippen molar-refractivity contribution in [3.8, 4) is 22.4 Å². The summed E-state index contributed by atoms with van der Waals surface area (Å²) >= 11 is 0. The summed E-state index contributed by atoms with van der Waals surface area (Å²) in [7, 11) is 0. The maximum atomic E-state index is 12.7. The van der Waals surface area contributed by atoms with Crippen LogP contribution in [0.5, 0.6) is 0 Å². The molecule has 1 aromatic carbocycles. The standard InChI is InChI=1S/C25H27N3O3/c1-3-30-25(31-4-2)12-14-27-13-10-21(17-24(27)29)20-11-15-28-22(18-26-23(28)16-20)19-8-6-5-7-9-19/h5-11,13,15-18,25H,3-4,12,14H2,1-2H3. The molecule has 0 saturated heterocycles. The van der Waals surface area contributed by atoms with Crippen molar-refractivity contribution < 1.29 is 9.47 Å². The number of aromatic nitrogens is 3. The monoisotopic (exact) mass is 417 g/mol. The van der Waals surface area contributed by atoms with Crippen LogP contribution in [0.15, 0.2) is 78.0 Å². The number of imidazole rings is 1. The van der Waals surface area contributed by atoms with E-state index in [4.69, 9.17) is 9.47 Å². The lowest BCUT2D eigenvalue weighted by molar-refractivity contribution is -0.141. The molecular formula is C25H27N3O3. The van der Waals surface area contributed by atoms with Crippen LogP contribution in [0.3, 0.4) is 0 Å². The van der Waals surface area contributed by atoms with E-state index in [1.807, 2.05) is 68.8 Å². The SMILES string of the molecule is CCOC(CCn1ccc(-c2ccn3c(-c4ccccc4)cnc3c2)cc1=O)OCC. The van der Waals surface area contributed by atoms with Crippen molar-refractivity contribution in [1.29, 1.82) is 0 Å². The minimum absolute atomic E-state index is 0.0440. The first-order chi connectivity index (χ1) is 15.2. The third-order valence-corrected chi connectivity index (χ3v) is 5.22. The van der Waals surface area contributed by atoms with Crippen LogP contribution in [0.2, 0.25) is 0 Å². The molecule has 0 amide bonds. The second kappa shape index (κ2) is 9.73. The van der Waals surface area contributed by atoms with E-state index < -0.39 is 0 Å². The minimum atomic E-state index is -0.289. The number of benzene rings is 1. The molecule has 0 saturated carbocycles. The van der Waals surface area contributed by atoms with Crippen LogP contribution in [0.25, 0.3) is 28.0 Å². The lowest BCUT2D eigenvalue weighted by Crippen LogP contribution is -2.24. The first kappa shape index (κ1) is 21.0. The van der Waals surface area contributed by atoms with Gasteiger partial charge < -0.3 is 14.0 Å². The van der Waals surface area contributed by atoms with Gasteiger partial charge in [-0.15, -0.1) is 0 Å². The highest BCUT2D eigenvalue weighted by molar-refractivity contribution is 5.70. The quantitative estimate of drug-likeness (QED) is 0.373. The number of ether oxygens (including phenoxy) is 2. The summed E-state index contributed by atoms with van der Waals surface area (Å²) in [5, 5.41) is 0. The van der Waals surface area contributed by atoms with Crippen molar-refractivity contribution in [2.75, 3.05) is 13.2 Å². The van der Waals surface area contributed by atoms with E-state index in [2.05, 4.69) is 21.5 Å². The molecule has 31 heavy (non-hydrogen) atoms. The predicted molar refractivity (Wildman–Crippen MR) is 122 cm³/mol. The molecule has 0 aliphatic carbocycles. The number of hydrogen-bond donors (Lipinski definition) is 0. The average molecular weight is 418 g/mol. The summed E-state index contributed by atoms with van der Waals surface area (Å²) in [5.74, 6) is 0. The lowest BCUT2D eigenvalue weighted by Gasteiger charge is -2.17. The van der Waals surface area contributed by atoms with Crippen LogP contribution in [0, 0.1) is 0 Å². The van der Waals surface area contributed by atoms with Crippen molar-refractivity contribution in [3.05, 3.63) is 83.5 Å². The van der Waals surface area contributed by atoms with Crippen molar-refractivity contribution >= 4 is 5.65 Å². The summed E-state index contributed by atoms with van der Waals surface area (Å²) < 4.78 is 14.9. The second-order valence-corrected chi connectivity index (χ2v) is 7.23. The van der Waals surface area contributed by atoms with Gasteiger partial charge in [-0.2, -0.15) is 0 Å². The fraction of sp³-hybridized carbons (Fsp3) is 0.280. The maximum Gasteiger partial charge on any atom is 0.251 e. The third kappa shape index (κ3) is 4.76. The molecule has 0 bridgehead atoms. The Hall–Kier alpha value is -3.22. The fourth-order valence-corrected chi connectivity index (χ4v) is 3.69. The third-order valence-electron chi connectivity index (χ3n) is 5.22. The molecule has 0 radical (unpaired) electrons. The number of aryl methyl sites for hydroxylation is 1. The molecule has 6 heteroatoms. The Balaban J connectivity index is 1.54. The molecule has 0 spiro atoms. The first-order valence-electron chi connectivity index (χ1n) is 10.7. The smallest absolute Gasteiger partial charge is 0.251 e. The Morgan fingerprint density at radius 1 is 0.903 bits per heavy atom. The summed E-state index contributed by atoms with van der Waals surface area (Å²) in [6.07, 6.45) is 6.05. The molecule has 6 nitrogen and oxygen atoms in total. The van der Waals surface area contributed by atoms with E-state index in [1.54, 1.807) is 10.6 Å². The van der Waals surface area contributed by atoms with Crippen molar-refractivity contribution in [2.45, 2.75) is 33.1 Å². The van der Waals surface area contributed by atoms with E-state index in [0.717, 1.165) is 28.0 Å². The van der Waals surface area contributed by atoms with Crippen LogP contribution in [-0.2, 0) is 16.0 Å². The van der Waals surface area contributed by atoms with E-state index >= 15 is 0 Å². The zero-order valence-electron chi connectivity index (χ0n) is 17.9.